The molecule has 2 aromatic carbocycles. The Balaban J connectivity index is 2.07. The fraction of sp³-hybridized carbons (Fsp3) is 0.176. The molecule has 0 spiro atoms. The fourth-order valence-corrected chi connectivity index (χ4v) is 2.02. The topological polar surface area (TPSA) is 44.1 Å². The summed E-state index contributed by atoms with van der Waals surface area (Å²) in [6, 6.07) is 14.5. The van der Waals surface area contributed by atoms with Crippen molar-refractivity contribution in [2.24, 2.45) is 0 Å². The Bertz CT molecular complexity index is 704. The second kappa shape index (κ2) is 7.09. The number of nitrogens with zero attached hydrogens (tertiary/aromatic N) is 1. The van der Waals surface area contributed by atoms with Crippen molar-refractivity contribution in [3.63, 3.8) is 0 Å². The van der Waals surface area contributed by atoms with Gasteiger partial charge in [0.05, 0.1) is 24.7 Å². The fourth-order valence-electron chi connectivity index (χ4n) is 1.80. The third kappa shape index (κ3) is 4.09. The van der Waals surface area contributed by atoms with Crippen LogP contribution in [0, 0.1) is 0 Å². The maximum Gasteiger partial charge on any atom is 0.257 e. The van der Waals surface area contributed by atoms with E-state index >= 15 is 0 Å². The van der Waals surface area contributed by atoms with E-state index in [1.54, 1.807) is 24.3 Å². The Hall–Kier alpha value is -2.33. The summed E-state index contributed by atoms with van der Waals surface area (Å²) in [6.07, 6.45) is 0. The van der Waals surface area contributed by atoms with Crippen LogP contribution >= 0.6 is 11.6 Å². The van der Waals surface area contributed by atoms with Crippen LogP contribution in [-0.2, 0) is 0 Å². The van der Waals surface area contributed by atoms with Gasteiger partial charge >= 0.3 is 0 Å². The van der Waals surface area contributed by atoms with Gasteiger partial charge in [0.15, 0.2) is 0 Å². The number of hydrogen-bond donors (Lipinski definition) is 2. The molecule has 0 saturated carbocycles. The molecule has 0 bridgehead atoms. The average Bonchev–Trinajstić information content (AvgIpc) is 2.49. The molecule has 0 heterocycles. The number of benzene rings is 2. The van der Waals surface area contributed by atoms with E-state index in [0.717, 1.165) is 17.2 Å². The van der Waals surface area contributed by atoms with Gasteiger partial charge in [-0.05, 0) is 36.4 Å². The van der Waals surface area contributed by atoms with E-state index < -0.39 is 0 Å². The number of carbonyl (C=O) groups excluding carboxylic acids is 1. The molecule has 5 heteroatoms. The Morgan fingerprint density at radius 2 is 1.50 bits per heavy atom. The summed E-state index contributed by atoms with van der Waals surface area (Å²) < 4.78 is 1.99. The smallest absolute Gasteiger partial charge is 0.257 e. The number of halogens is 1. The molecule has 22 heavy (non-hydrogen) atoms. The van der Waals surface area contributed by atoms with E-state index in [-0.39, 0.29) is 5.91 Å². The zero-order chi connectivity index (χ0) is 16.1. The summed E-state index contributed by atoms with van der Waals surface area (Å²) in [5, 5.41) is 6.54. The zero-order valence-electron chi connectivity index (χ0n) is 12.9. The molecule has 114 valence electrons. The molecular formula is C17H19ClN3O+. The Morgan fingerprint density at radius 3 is 2.05 bits per heavy atom. The van der Waals surface area contributed by atoms with Crippen LogP contribution in [0.25, 0.3) is 0 Å². The van der Waals surface area contributed by atoms with Crippen LogP contribution in [-0.4, -0.2) is 30.4 Å². The van der Waals surface area contributed by atoms with Gasteiger partial charge in [-0.25, -0.2) is 5.32 Å². The number of anilines is 2. The highest BCUT2D eigenvalue weighted by atomic mass is 35.5. The molecule has 2 aromatic rings. The average molecular weight is 317 g/mol. The van der Waals surface area contributed by atoms with Gasteiger partial charge in [0, 0.05) is 12.6 Å². The van der Waals surface area contributed by atoms with E-state index in [0.29, 0.717) is 10.6 Å². The molecule has 0 aliphatic heterocycles. The van der Waals surface area contributed by atoms with Crippen molar-refractivity contribution in [3.05, 3.63) is 59.1 Å². The first kappa shape index (κ1) is 16.0. The third-order valence-electron chi connectivity index (χ3n) is 3.26. The summed E-state index contributed by atoms with van der Waals surface area (Å²) in [6.45, 7) is 1.99. The summed E-state index contributed by atoms with van der Waals surface area (Å²) in [4.78, 5) is 12.2. The SMILES string of the molecule is CC(Nc1ccc(NC(=O)c2ccccc2Cl)cc1)=[N+](C)C. The van der Waals surface area contributed by atoms with Crippen LogP contribution in [0.3, 0.4) is 0 Å². The van der Waals surface area contributed by atoms with Crippen molar-refractivity contribution in [3.8, 4) is 0 Å². The standard InChI is InChI=1S/C17H18ClN3O/c1-12(21(2)3)19-13-8-10-14(11-9-13)20-17(22)15-6-4-5-7-16(15)18/h4-11H,1-3H3,(H,20,22)/p+1. The lowest BCUT2D eigenvalue weighted by atomic mass is 10.2. The van der Waals surface area contributed by atoms with Gasteiger partial charge in [-0.15, -0.1) is 0 Å². The lowest BCUT2D eigenvalue weighted by Crippen LogP contribution is -2.18. The van der Waals surface area contributed by atoms with Gasteiger partial charge in [-0.1, -0.05) is 23.7 Å². The number of rotatable bonds is 3. The summed E-state index contributed by atoms with van der Waals surface area (Å²) in [5.74, 6) is 0.815. The van der Waals surface area contributed by atoms with Crippen molar-refractivity contribution >= 4 is 34.7 Å². The molecule has 4 nitrogen and oxygen atoms in total. The third-order valence-corrected chi connectivity index (χ3v) is 3.59. The molecule has 0 aliphatic carbocycles. The van der Waals surface area contributed by atoms with E-state index in [1.165, 1.54) is 0 Å². The minimum Gasteiger partial charge on any atom is -0.322 e. The number of hydrogen-bond acceptors (Lipinski definition) is 1. The van der Waals surface area contributed by atoms with E-state index in [9.17, 15) is 4.79 Å². The van der Waals surface area contributed by atoms with Gasteiger partial charge in [0.25, 0.3) is 5.91 Å². The van der Waals surface area contributed by atoms with Crippen LogP contribution < -0.4 is 10.6 Å². The highest BCUT2D eigenvalue weighted by molar-refractivity contribution is 6.34. The van der Waals surface area contributed by atoms with E-state index in [2.05, 4.69) is 10.6 Å². The van der Waals surface area contributed by atoms with Gasteiger partial charge in [0.2, 0.25) is 5.84 Å². The van der Waals surface area contributed by atoms with Crippen LogP contribution in [0.2, 0.25) is 5.02 Å². The molecule has 2 rings (SSSR count). The Morgan fingerprint density at radius 1 is 0.955 bits per heavy atom. The Kier molecular flexibility index (Phi) is 5.17. The van der Waals surface area contributed by atoms with Crippen LogP contribution in [0.1, 0.15) is 17.3 Å². The molecule has 0 saturated heterocycles. The molecule has 1 amide bonds. The predicted octanol–water partition coefficient (Wildman–Crippen LogP) is 3.69. The Labute approximate surface area is 135 Å². The van der Waals surface area contributed by atoms with Crippen molar-refractivity contribution in [1.82, 2.24) is 0 Å². The van der Waals surface area contributed by atoms with Gasteiger partial charge in [0.1, 0.15) is 5.69 Å². The molecule has 0 atom stereocenters. The second-order valence-corrected chi connectivity index (χ2v) is 5.52. The molecule has 2 N–H and O–H groups in total. The van der Waals surface area contributed by atoms with Crippen molar-refractivity contribution in [2.75, 3.05) is 24.7 Å². The number of amidine groups is 1. The summed E-state index contributed by atoms with van der Waals surface area (Å²) >= 11 is 6.02. The van der Waals surface area contributed by atoms with E-state index in [4.69, 9.17) is 11.6 Å². The number of nitrogens with one attached hydrogen (secondary N) is 2. The first-order valence-corrected chi connectivity index (χ1v) is 7.29. The molecule has 0 aliphatic rings. The maximum atomic E-state index is 12.2. The molecule has 0 radical (unpaired) electrons. The van der Waals surface area contributed by atoms with Gasteiger partial charge in [-0.2, -0.15) is 0 Å². The van der Waals surface area contributed by atoms with Crippen molar-refractivity contribution in [1.29, 1.82) is 0 Å². The maximum absolute atomic E-state index is 12.2. The largest absolute Gasteiger partial charge is 0.322 e. The highest BCUT2D eigenvalue weighted by Crippen LogP contribution is 2.18. The minimum atomic E-state index is -0.220. The lowest BCUT2D eigenvalue weighted by molar-refractivity contribution is -0.464. The number of carbonyl (C=O) groups is 1. The minimum absolute atomic E-state index is 0.220. The van der Waals surface area contributed by atoms with Gasteiger partial charge in [-0.3, -0.25) is 9.37 Å². The van der Waals surface area contributed by atoms with Crippen molar-refractivity contribution in [2.45, 2.75) is 6.92 Å². The van der Waals surface area contributed by atoms with Crippen LogP contribution in [0.5, 0.6) is 0 Å². The zero-order valence-corrected chi connectivity index (χ0v) is 13.6. The molecular weight excluding hydrogens is 298 g/mol. The quantitative estimate of drug-likeness (QED) is 0.515. The second-order valence-electron chi connectivity index (χ2n) is 5.12. The first-order valence-electron chi connectivity index (χ1n) is 6.91. The van der Waals surface area contributed by atoms with Crippen LogP contribution in [0.15, 0.2) is 48.5 Å². The van der Waals surface area contributed by atoms with Gasteiger partial charge < -0.3 is 5.32 Å². The lowest BCUT2D eigenvalue weighted by Gasteiger charge is -2.07. The predicted molar refractivity (Wildman–Crippen MR) is 92.3 cm³/mol. The summed E-state index contributed by atoms with van der Waals surface area (Å²) in [5.41, 5.74) is 2.14. The molecule has 0 unspecified atom stereocenters. The highest BCUT2D eigenvalue weighted by Gasteiger charge is 2.10. The normalized spacial score (nSPS) is 10.0. The van der Waals surface area contributed by atoms with Crippen molar-refractivity contribution < 1.29 is 9.37 Å². The summed E-state index contributed by atoms with van der Waals surface area (Å²) in [7, 11) is 3.95. The molecule has 0 aromatic heterocycles. The molecule has 0 fully saturated rings. The van der Waals surface area contributed by atoms with E-state index in [1.807, 2.05) is 49.9 Å². The number of amides is 1. The van der Waals surface area contributed by atoms with Crippen LogP contribution in [0.4, 0.5) is 11.4 Å². The first-order chi connectivity index (χ1) is 10.5. The monoisotopic (exact) mass is 316 g/mol.